The molecule has 0 bridgehead atoms. The monoisotopic (exact) mass is 236 g/mol. The SMILES string of the molecule is COc1ncccc1CNC1CCOC(C)C1. The fraction of sp³-hybridized carbons (Fsp3) is 0.615. The maximum absolute atomic E-state index is 5.53. The zero-order chi connectivity index (χ0) is 12.1. The zero-order valence-electron chi connectivity index (χ0n) is 10.5. The highest BCUT2D eigenvalue weighted by atomic mass is 16.5. The lowest BCUT2D eigenvalue weighted by Crippen LogP contribution is -2.37. The van der Waals surface area contributed by atoms with Crippen LogP contribution in [0.15, 0.2) is 18.3 Å². The molecule has 0 radical (unpaired) electrons. The van der Waals surface area contributed by atoms with Gasteiger partial charge >= 0.3 is 0 Å². The summed E-state index contributed by atoms with van der Waals surface area (Å²) in [6, 6.07) is 4.51. The van der Waals surface area contributed by atoms with Crippen LogP contribution < -0.4 is 10.1 Å². The van der Waals surface area contributed by atoms with Gasteiger partial charge in [-0.2, -0.15) is 0 Å². The lowest BCUT2D eigenvalue weighted by atomic mass is 10.0. The van der Waals surface area contributed by atoms with E-state index in [1.54, 1.807) is 13.3 Å². The van der Waals surface area contributed by atoms with E-state index in [0.717, 1.165) is 31.6 Å². The molecule has 0 aliphatic carbocycles. The third kappa shape index (κ3) is 3.41. The van der Waals surface area contributed by atoms with Crippen LogP contribution in [0.25, 0.3) is 0 Å². The molecule has 1 aromatic heterocycles. The van der Waals surface area contributed by atoms with Crippen LogP contribution in [0.3, 0.4) is 0 Å². The third-order valence-electron chi connectivity index (χ3n) is 3.11. The van der Waals surface area contributed by atoms with E-state index in [1.807, 2.05) is 12.1 Å². The molecule has 1 aliphatic rings. The van der Waals surface area contributed by atoms with Crippen molar-refractivity contribution in [2.24, 2.45) is 0 Å². The molecule has 1 N–H and O–H groups in total. The van der Waals surface area contributed by atoms with Crippen molar-refractivity contribution < 1.29 is 9.47 Å². The van der Waals surface area contributed by atoms with E-state index in [-0.39, 0.29) is 0 Å². The largest absolute Gasteiger partial charge is 0.481 e. The maximum atomic E-state index is 5.53. The van der Waals surface area contributed by atoms with Crippen LogP contribution in [0.1, 0.15) is 25.3 Å². The molecule has 2 heterocycles. The van der Waals surface area contributed by atoms with Crippen LogP contribution in [0.5, 0.6) is 5.88 Å². The second-order valence-corrected chi connectivity index (χ2v) is 4.46. The highest BCUT2D eigenvalue weighted by Gasteiger charge is 2.18. The summed E-state index contributed by atoms with van der Waals surface area (Å²) in [5, 5.41) is 3.54. The number of hydrogen-bond donors (Lipinski definition) is 1. The predicted octanol–water partition coefficient (Wildman–Crippen LogP) is 1.75. The summed E-state index contributed by atoms with van der Waals surface area (Å²) in [7, 11) is 1.66. The predicted molar refractivity (Wildman–Crippen MR) is 66.1 cm³/mol. The first-order valence-corrected chi connectivity index (χ1v) is 6.12. The molecule has 17 heavy (non-hydrogen) atoms. The minimum atomic E-state index is 0.358. The van der Waals surface area contributed by atoms with Gasteiger partial charge in [0.1, 0.15) is 0 Å². The molecule has 1 aliphatic heterocycles. The average molecular weight is 236 g/mol. The second-order valence-electron chi connectivity index (χ2n) is 4.46. The van der Waals surface area contributed by atoms with Crippen LogP contribution in [0.2, 0.25) is 0 Å². The lowest BCUT2D eigenvalue weighted by molar-refractivity contribution is 0.0130. The van der Waals surface area contributed by atoms with Gasteiger partial charge in [0.05, 0.1) is 13.2 Å². The zero-order valence-corrected chi connectivity index (χ0v) is 10.5. The van der Waals surface area contributed by atoms with E-state index in [0.29, 0.717) is 18.0 Å². The molecule has 2 unspecified atom stereocenters. The molecular formula is C13H20N2O2. The van der Waals surface area contributed by atoms with E-state index in [2.05, 4.69) is 17.2 Å². The van der Waals surface area contributed by atoms with Crippen molar-refractivity contribution in [3.05, 3.63) is 23.9 Å². The van der Waals surface area contributed by atoms with Crippen LogP contribution in [-0.4, -0.2) is 30.8 Å². The Morgan fingerprint density at radius 1 is 1.59 bits per heavy atom. The van der Waals surface area contributed by atoms with Crippen molar-refractivity contribution >= 4 is 0 Å². The molecule has 0 spiro atoms. The van der Waals surface area contributed by atoms with Crippen LogP contribution >= 0.6 is 0 Å². The summed E-state index contributed by atoms with van der Waals surface area (Å²) in [5.74, 6) is 0.708. The second kappa shape index (κ2) is 5.98. The van der Waals surface area contributed by atoms with Crippen molar-refractivity contribution in [3.63, 3.8) is 0 Å². The van der Waals surface area contributed by atoms with Crippen molar-refractivity contribution in [1.82, 2.24) is 10.3 Å². The maximum Gasteiger partial charge on any atom is 0.217 e. The summed E-state index contributed by atoms with van der Waals surface area (Å²) in [6.45, 7) is 3.77. The Hall–Kier alpha value is -1.13. The molecule has 4 nitrogen and oxygen atoms in total. The molecule has 94 valence electrons. The van der Waals surface area contributed by atoms with Crippen LogP contribution in [-0.2, 0) is 11.3 Å². The van der Waals surface area contributed by atoms with Crippen molar-refractivity contribution in [1.29, 1.82) is 0 Å². The Bertz CT molecular complexity index is 357. The van der Waals surface area contributed by atoms with Gasteiger partial charge in [0, 0.05) is 31.0 Å². The molecule has 4 heteroatoms. The fourth-order valence-corrected chi connectivity index (χ4v) is 2.18. The van der Waals surface area contributed by atoms with Gasteiger partial charge in [0.15, 0.2) is 0 Å². The van der Waals surface area contributed by atoms with Crippen molar-refractivity contribution in [2.75, 3.05) is 13.7 Å². The van der Waals surface area contributed by atoms with Crippen molar-refractivity contribution in [3.8, 4) is 5.88 Å². The van der Waals surface area contributed by atoms with Gasteiger partial charge in [-0.3, -0.25) is 0 Å². The number of hydrogen-bond acceptors (Lipinski definition) is 4. The Morgan fingerprint density at radius 3 is 3.24 bits per heavy atom. The lowest BCUT2D eigenvalue weighted by Gasteiger charge is -2.28. The van der Waals surface area contributed by atoms with Gasteiger partial charge in [-0.25, -0.2) is 4.98 Å². The number of rotatable bonds is 4. The minimum absolute atomic E-state index is 0.358. The Labute approximate surface area is 102 Å². The molecule has 0 aromatic carbocycles. The van der Waals surface area contributed by atoms with Gasteiger partial charge in [-0.05, 0) is 25.8 Å². The average Bonchev–Trinajstić information content (AvgIpc) is 2.37. The van der Waals surface area contributed by atoms with E-state index in [4.69, 9.17) is 9.47 Å². The van der Waals surface area contributed by atoms with Gasteiger partial charge in [0.25, 0.3) is 0 Å². The molecule has 0 amide bonds. The highest BCUT2D eigenvalue weighted by molar-refractivity contribution is 5.25. The topological polar surface area (TPSA) is 43.4 Å². The van der Waals surface area contributed by atoms with E-state index in [9.17, 15) is 0 Å². The van der Waals surface area contributed by atoms with Gasteiger partial charge in [-0.1, -0.05) is 6.07 Å². The first kappa shape index (κ1) is 12.3. The number of aromatic nitrogens is 1. The summed E-state index contributed by atoms with van der Waals surface area (Å²) in [6.07, 6.45) is 4.26. The van der Waals surface area contributed by atoms with Crippen LogP contribution in [0, 0.1) is 0 Å². The molecule has 1 saturated heterocycles. The number of ether oxygens (including phenoxy) is 2. The van der Waals surface area contributed by atoms with Gasteiger partial charge in [-0.15, -0.1) is 0 Å². The number of methoxy groups -OCH3 is 1. The molecule has 0 saturated carbocycles. The standard InChI is InChI=1S/C13H20N2O2/c1-10-8-12(5-7-17-10)15-9-11-4-3-6-14-13(11)16-2/h3-4,6,10,12,15H,5,7-9H2,1-2H3. The Morgan fingerprint density at radius 2 is 2.47 bits per heavy atom. The number of pyridine rings is 1. The van der Waals surface area contributed by atoms with Gasteiger partial charge < -0.3 is 14.8 Å². The summed E-state index contributed by atoms with van der Waals surface area (Å²) >= 11 is 0. The molecule has 1 aromatic rings. The summed E-state index contributed by atoms with van der Waals surface area (Å²) < 4.78 is 10.8. The van der Waals surface area contributed by atoms with E-state index in [1.165, 1.54) is 0 Å². The Kier molecular flexibility index (Phi) is 4.34. The summed E-state index contributed by atoms with van der Waals surface area (Å²) in [5.41, 5.74) is 1.11. The van der Waals surface area contributed by atoms with Crippen LogP contribution in [0.4, 0.5) is 0 Å². The van der Waals surface area contributed by atoms with E-state index >= 15 is 0 Å². The first-order valence-electron chi connectivity index (χ1n) is 6.12. The normalized spacial score (nSPS) is 24.6. The van der Waals surface area contributed by atoms with Crippen molar-refractivity contribution in [2.45, 2.75) is 38.5 Å². The third-order valence-corrected chi connectivity index (χ3v) is 3.11. The molecular weight excluding hydrogens is 216 g/mol. The Balaban J connectivity index is 1.88. The molecule has 2 atom stereocenters. The summed E-state index contributed by atoms with van der Waals surface area (Å²) in [4.78, 5) is 4.19. The van der Waals surface area contributed by atoms with E-state index < -0.39 is 0 Å². The smallest absolute Gasteiger partial charge is 0.217 e. The molecule has 1 fully saturated rings. The number of nitrogens with one attached hydrogen (secondary N) is 1. The number of nitrogens with zero attached hydrogens (tertiary/aromatic N) is 1. The highest BCUT2D eigenvalue weighted by Crippen LogP contribution is 2.16. The fourth-order valence-electron chi connectivity index (χ4n) is 2.18. The molecule has 2 rings (SSSR count). The first-order chi connectivity index (χ1) is 8.29. The quantitative estimate of drug-likeness (QED) is 0.865. The van der Waals surface area contributed by atoms with Gasteiger partial charge in [0.2, 0.25) is 5.88 Å². The minimum Gasteiger partial charge on any atom is -0.481 e.